The van der Waals surface area contributed by atoms with E-state index in [9.17, 15) is 5.11 Å². The molecule has 3 N–H and O–H groups in total. The van der Waals surface area contributed by atoms with E-state index in [0.29, 0.717) is 12.4 Å². The molecule has 1 atom stereocenters. The minimum absolute atomic E-state index is 0.403. The number of unbranched alkanes of at least 4 members (excludes halogenated alkanes) is 1. The van der Waals surface area contributed by atoms with Gasteiger partial charge in [0.25, 0.3) is 0 Å². The van der Waals surface area contributed by atoms with Crippen LogP contribution in [-0.2, 0) is 4.74 Å². The van der Waals surface area contributed by atoms with E-state index >= 15 is 0 Å². The van der Waals surface area contributed by atoms with Crippen LogP contribution < -0.4 is 5.73 Å². The Kier molecular flexibility index (Phi) is 7.08. The summed E-state index contributed by atoms with van der Waals surface area (Å²) in [4.78, 5) is 1.01. The van der Waals surface area contributed by atoms with Crippen LogP contribution >= 0.6 is 11.8 Å². The minimum Gasteiger partial charge on any atom is -0.398 e. The number of para-hydroxylation sites is 1. The van der Waals surface area contributed by atoms with Gasteiger partial charge in [0.05, 0.1) is 12.7 Å². The molecule has 0 aliphatic rings. The fourth-order valence-electron chi connectivity index (χ4n) is 1.31. The van der Waals surface area contributed by atoms with E-state index in [2.05, 4.69) is 6.92 Å². The summed E-state index contributed by atoms with van der Waals surface area (Å²) in [5.74, 6) is 0.611. The van der Waals surface area contributed by atoms with Crippen molar-refractivity contribution in [2.24, 2.45) is 0 Å². The average Bonchev–Trinajstić information content (AvgIpc) is 2.34. The monoisotopic (exact) mass is 255 g/mol. The number of nitrogen functional groups attached to an aromatic ring is 1. The van der Waals surface area contributed by atoms with Crippen molar-refractivity contribution < 1.29 is 9.84 Å². The zero-order valence-corrected chi connectivity index (χ0v) is 11.1. The van der Waals surface area contributed by atoms with E-state index < -0.39 is 6.10 Å². The van der Waals surface area contributed by atoms with E-state index in [-0.39, 0.29) is 0 Å². The molecule has 0 saturated carbocycles. The number of hydrogen-bond acceptors (Lipinski definition) is 4. The van der Waals surface area contributed by atoms with Crippen LogP contribution in [-0.4, -0.2) is 30.2 Å². The molecule has 3 nitrogen and oxygen atoms in total. The molecule has 4 heteroatoms. The van der Waals surface area contributed by atoms with Crippen molar-refractivity contribution >= 4 is 17.4 Å². The molecular formula is C13H21NO2S. The molecule has 1 unspecified atom stereocenters. The molecule has 0 radical (unpaired) electrons. The van der Waals surface area contributed by atoms with Crippen molar-refractivity contribution in [3.8, 4) is 0 Å². The molecular weight excluding hydrogens is 234 g/mol. The Hall–Kier alpha value is -0.710. The first-order valence-electron chi connectivity index (χ1n) is 5.97. The lowest BCUT2D eigenvalue weighted by molar-refractivity contribution is 0.0473. The van der Waals surface area contributed by atoms with E-state index in [1.165, 1.54) is 0 Å². The van der Waals surface area contributed by atoms with Crippen molar-refractivity contribution in [2.45, 2.75) is 30.8 Å². The van der Waals surface area contributed by atoms with Gasteiger partial charge in [-0.25, -0.2) is 0 Å². The van der Waals surface area contributed by atoms with Crippen LogP contribution in [0.2, 0.25) is 0 Å². The summed E-state index contributed by atoms with van der Waals surface area (Å²) in [5.41, 5.74) is 6.57. The second kappa shape index (κ2) is 8.39. The maximum atomic E-state index is 9.71. The molecule has 0 aliphatic heterocycles. The summed E-state index contributed by atoms with van der Waals surface area (Å²) in [6.45, 7) is 3.25. The van der Waals surface area contributed by atoms with E-state index in [1.807, 2.05) is 24.3 Å². The lowest BCUT2D eigenvalue weighted by atomic mass is 10.3. The summed E-state index contributed by atoms with van der Waals surface area (Å²) in [6.07, 6.45) is 1.73. The highest BCUT2D eigenvalue weighted by Crippen LogP contribution is 2.24. The SMILES string of the molecule is CCCCOCC(O)CSc1ccccc1N. The molecule has 0 aromatic heterocycles. The van der Waals surface area contributed by atoms with E-state index in [0.717, 1.165) is 30.0 Å². The fourth-order valence-corrected chi connectivity index (χ4v) is 2.19. The van der Waals surface area contributed by atoms with Gasteiger partial charge < -0.3 is 15.6 Å². The van der Waals surface area contributed by atoms with Crippen LogP contribution in [0.4, 0.5) is 5.69 Å². The molecule has 1 aromatic rings. The third-order valence-corrected chi connectivity index (χ3v) is 3.54. The van der Waals surface area contributed by atoms with Gasteiger partial charge in [0, 0.05) is 22.9 Å². The quantitative estimate of drug-likeness (QED) is 0.426. The van der Waals surface area contributed by atoms with Gasteiger partial charge in [0.1, 0.15) is 0 Å². The molecule has 0 amide bonds. The number of benzene rings is 1. The number of nitrogens with two attached hydrogens (primary N) is 1. The Bertz CT molecular complexity index is 320. The normalized spacial score (nSPS) is 12.6. The summed E-state index contributed by atoms with van der Waals surface area (Å²) in [7, 11) is 0. The molecule has 0 aliphatic carbocycles. The van der Waals surface area contributed by atoms with Gasteiger partial charge in [-0.15, -0.1) is 11.8 Å². The van der Waals surface area contributed by atoms with Gasteiger partial charge in [-0.05, 0) is 18.6 Å². The molecule has 0 fully saturated rings. The Morgan fingerprint density at radius 1 is 1.41 bits per heavy atom. The summed E-state index contributed by atoms with van der Waals surface area (Å²) < 4.78 is 5.36. The van der Waals surface area contributed by atoms with Crippen LogP contribution in [0.5, 0.6) is 0 Å². The highest BCUT2D eigenvalue weighted by molar-refractivity contribution is 7.99. The molecule has 1 aromatic carbocycles. The van der Waals surface area contributed by atoms with Crippen LogP contribution in [0, 0.1) is 0 Å². The topological polar surface area (TPSA) is 55.5 Å². The van der Waals surface area contributed by atoms with Crippen molar-refractivity contribution in [3.63, 3.8) is 0 Å². The first-order valence-corrected chi connectivity index (χ1v) is 6.95. The van der Waals surface area contributed by atoms with Crippen molar-refractivity contribution in [1.82, 2.24) is 0 Å². The van der Waals surface area contributed by atoms with Crippen LogP contribution in [0.3, 0.4) is 0 Å². The Morgan fingerprint density at radius 2 is 2.18 bits per heavy atom. The second-order valence-electron chi connectivity index (χ2n) is 3.93. The van der Waals surface area contributed by atoms with Gasteiger partial charge in [-0.3, -0.25) is 0 Å². The van der Waals surface area contributed by atoms with Gasteiger partial charge in [-0.2, -0.15) is 0 Å². The van der Waals surface area contributed by atoms with Crippen molar-refractivity contribution in [1.29, 1.82) is 0 Å². The van der Waals surface area contributed by atoms with Crippen LogP contribution in [0.1, 0.15) is 19.8 Å². The van der Waals surface area contributed by atoms with Crippen LogP contribution in [0.25, 0.3) is 0 Å². The number of rotatable bonds is 8. The van der Waals surface area contributed by atoms with Crippen molar-refractivity contribution in [2.75, 3.05) is 24.7 Å². The van der Waals surface area contributed by atoms with Gasteiger partial charge in [-0.1, -0.05) is 25.5 Å². The van der Waals surface area contributed by atoms with Crippen LogP contribution in [0.15, 0.2) is 29.2 Å². The molecule has 0 bridgehead atoms. The third kappa shape index (κ3) is 5.96. The number of hydrogen-bond donors (Lipinski definition) is 2. The fraction of sp³-hybridized carbons (Fsp3) is 0.538. The number of thioether (sulfide) groups is 1. The summed E-state index contributed by atoms with van der Waals surface area (Å²) in [5, 5.41) is 9.71. The highest BCUT2D eigenvalue weighted by atomic mass is 32.2. The summed E-state index contributed by atoms with van der Waals surface area (Å²) in [6, 6.07) is 7.68. The standard InChI is InChI=1S/C13H21NO2S/c1-2-3-8-16-9-11(15)10-17-13-7-5-4-6-12(13)14/h4-7,11,15H,2-3,8-10,14H2,1H3. The number of anilines is 1. The maximum Gasteiger partial charge on any atom is 0.0867 e. The largest absolute Gasteiger partial charge is 0.398 e. The molecule has 0 spiro atoms. The highest BCUT2D eigenvalue weighted by Gasteiger charge is 2.06. The third-order valence-electron chi connectivity index (χ3n) is 2.30. The van der Waals surface area contributed by atoms with E-state index in [1.54, 1.807) is 11.8 Å². The van der Waals surface area contributed by atoms with Crippen molar-refractivity contribution in [3.05, 3.63) is 24.3 Å². The predicted molar refractivity (Wildman–Crippen MR) is 73.3 cm³/mol. The molecule has 96 valence electrons. The lowest BCUT2D eigenvalue weighted by Crippen LogP contribution is -2.18. The second-order valence-corrected chi connectivity index (χ2v) is 4.99. The minimum atomic E-state index is -0.434. The maximum absolute atomic E-state index is 9.71. The zero-order chi connectivity index (χ0) is 12.5. The zero-order valence-electron chi connectivity index (χ0n) is 10.3. The molecule has 0 heterocycles. The lowest BCUT2D eigenvalue weighted by Gasteiger charge is -2.11. The van der Waals surface area contributed by atoms with Gasteiger partial charge in [0.2, 0.25) is 0 Å². The van der Waals surface area contributed by atoms with Gasteiger partial charge >= 0.3 is 0 Å². The Morgan fingerprint density at radius 3 is 2.88 bits per heavy atom. The number of ether oxygens (including phenoxy) is 1. The Labute approximate surface area is 107 Å². The molecule has 17 heavy (non-hydrogen) atoms. The number of aliphatic hydroxyl groups is 1. The molecule has 0 saturated heterocycles. The smallest absolute Gasteiger partial charge is 0.0867 e. The summed E-state index contributed by atoms with van der Waals surface area (Å²) >= 11 is 1.56. The Balaban J connectivity index is 2.19. The first-order chi connectivity index (χ1) is 8.24. The average molecular weight is 255 g/mol. The number of aliphatic hydroxyl groups excluding tert-OH is 1. The molecule has 1 rings (SSSR count). The first kappa shape index (κ1) is 14.4. The predicted octanol–water partition coefficient (Wildman–Crippen LogP) is 2.54. The van der Waals surface area contributed by atoms with E-state index in [4.69, 9.17) is 10.5 Å². The van der Waals surface area contributed by atoms with Gasteiger partial charge in [0.15, 0.2) is 0 Å².